The average Bonchev–Trinajstić information content (AvgIpc) is 2.19. The monoisotopic (exact) mass is 185 g/mol. The molecule has 2 aromatic rings. The molecule has 4 nitrogen and oxygen atoms in total. The number of aromatic nitrogens is 3. The molecule has 2 rings (SSSR count). The molecule has 0 aliphatic carbocycles. The summed E-state index contributed by atoms with van der Waals surface area (Å²) in [5, 5.41) is 3.05. The van der Waals surface area contributed by atoms with Crippen molar-refractivity contribution in [3.05, 3.63) is 42.5 Å². The quantitative estimate of drug-likeness (QED) is 0.774. The van der Waals surface area contributed by atoms with E-state index < -0.39 is 0 Å². The van der Waals surface area contributed by atoms with Crippen molar-refractivity contribution in [2.75, 3.05) is 5.32 Å². The van der Waals surface area contributed by atoms with Crippen LogP contribution in [-0.2, 0) is 0 Å². The van der Waals surface area contributed by atoms with E-state index in [0.29, 0.717) is 11.6 Å². The molecule has 14 heavy (non-hydrogen) atoms. The Labute approximate surface area is 82.1 Å². The topological polar surface area (TPSA) is 50.7 Å². The van der Waals surface area contributed by atoms with Crippen LogP contribution in [0.3, 0.4) is 0 Å². The minimum Gasteiger partial charge on any atom is -0.325 e. The summed E-state index contributed by atoms with van der Waals surface area (Å²) in [5.41, 5.74) is 0. The molecule has 1 N–H and O–H groups in total. The van der Waals surface area contributed by atoms with Gasteiger partial charge in [0.25, 0.3) is 0 Å². The van der Waals surface area contributed by atoms with E-state index in [0.717, 1.165) is 5.82 Å². The summed E-state index contributed by atoms with van der Waals surface area (Å²) in [7, 11) is 0. The zero-order valence-corrected chi connectivity index (χ0v) is 7.73. The fourth-order valence-corrected chi connectivity index (χ4v) is 1.05. The van der Waals surface area contributed by atoms with Crippen LogP contribution in [0.2, 0.25) is 0 Å². The van der Waals surface area contributed by atoms with Crippen molar-refractivity contribution in [1.29, 1.82) is 0 Å². The zero-order chi connectivity index (χ0) is 9.80. The highest BCUT2D eigenvalue weighted by Gasteiger charge is 1.96. The minimum absolute atomic E-state index is 0.686. The molecular weight excluding hydrogens is 176 g/mol. The number of nitrogens with zero attached hydrogens (tertiary/aromatic N) is 3. The highest BCUT2D eigenvalue weighted by Crippen LogP contribution is 2.09. The van der Waals surface area contributed by atoms with E-state index in [4.69, 9.17) is 0 Å². The lowest BCUT2D eigenvalue weighted by Crippen LogP contribution is -1.97. The van der Waals surface area contributed by atoms with Crippen LogP contribution in [0.4, 0.5) is 11.6 Å². The summed E-state index contributed by atoms with van der Waals surface area (Å²) in [5.74, 6) is 2.15. The van der Waals surface area contributed by atoms with Crippen LogP contribution < -0.4 is 5.32 Å². The number of anilines is 2. The maximum Gasteiger partial charge on any atom is 0.135 e. The van der Waals surface area contributed by atoms with Gasteiger partial charge in [0.2, 0.25) is 0 Å². The van der Waals surface area contributed by atoms with Crippen LogP contribution in [0.5, 0.6) is 0 Å². The number of nitrogens with one attached hydrogen (secondary N) is 1. The van der Waals surface area contributed by atoms with Gasteiger partial charge in [-0.05, 0) is 19.1 Å². The Balaban J connectivity index is 2.19. The first kappa shape index (κ1) is 8.62. The number of hydrogen-bond acceptors (Lipinski definition) is 4. The molecule has 0 atom stereocenters. The van der Waals surface area contributed by atoms with Gasteiger partial charge in [-0.2, -0.15) is 0 Å². The van der Waals surface area contributed by atoms with Gasteiger partial charge in [0, 0.05) is 12.3 Å². The van der Waals surface area contributed by atoms with Crippen LogP contribution in [0.1, 0.15) is 5.82 Å². The SMILES string of the molecule is Cc1n[c]cc(Nc2ccccn2)n1. The third kappa shape index (κ3) is 2.04. The molecule has 0 unspecified atom stereocenters. The highest BCUT2D eigenvalue weighted by atomic mass is 15.1. The molecule has 69 valence electrons. The van der Waals surface area contributed by atoms with Gasteiger partial charge in [0.15, 0.2) is 0 Å². The fourth-order valence-electron chi connectivity index (χ4n) is 1.05. The number of rotatable bonds is 2. The highest BCUT2D eigenvalue weighted by molar-refractivity contribution is 5.50. The zero-order valence-electron chi connectivity index (χ0n) is 7.73. The van der Waals surface area contributed by atoms with Crippen molar-refractivity contribution < 1.29 is 0 Å². The van der Waals surface area contributed by atoms with Crippen LogP contribution in [0, 0.1) is 13.1 Å². The smallest absolute Gasteiger partial charge is 0.135 e. The first-order valence-electron chi connectivity index (χ1n) is 4.24. The normalized spacial score (nSPS) is 9.79. The molecular formula is C10H9N4. The molecule has 0 amide bonds. The summed E-state index contributed by atoms with van der Waals surface area (Å²) in [6.45, 7) is 1.82. The van der Waals surface area contributed by atoms with E-state index in [1.54, 1.807) is 12.3 Å². The second kappa shape index (κ2) is 3.83. The molecule has 4 heteroatoms. The van der Waals surface area contributed by atoms with Crippen molar-refractivity contribution in [3.63, 3.8) is 0 Å². The van der Waals surface area contributed by atoms with Crippen molar-refractivity contribution in [1.82, 2.24) is 15.0 Å². The molecule has 2 heterocycles. The van der Waals surface area contributed by atoms with E-state index in [1.807, 2.05) is 25.1 Å². The molecule has 0 aromatic carbocycles. The molecule has 0 saturated carbocycles. The third-order valence-corrected chi connectivity index (χ3v) is 1.63. The lowest BCUT2D eigenvalue weighted by atomic mass is 10.4. The fraction of sp³-hybridized carbons (Fsp3) is 0.100. The van der Waals surface area contributed by atoms with Crippen molar-refractivity contribution >= 4 is 11.6 Å². The summed E-state index contributed by atoms with van der Waals surface area (Å²) in [6.07, 6.45) is 4.47. The van der Waals surface area contributed by atoms with Crippen molar-refractivity contribution in [3.8, 4) is 0 Å². The maximum absolute atomic E-state index is 4.17. The summed E-state index contributed by atoms with van der Waals surface area (Å²) >= 11 is 0. The number of hydrogen-bond donors (Lipinski definition) is 1. The van der Waals surface area contributed by atoms with Gasteiger partial charge in [-0.3, -0.25) is 0 Å². The average molecular weight is 185 g/mol. The van der Waals surface area contributed by atoms with E-state index >= 15 is 0 Å². The molecule has 0 aliphatic heterocycles. The van der Waals surface area contributed by atoms with Crippen LogP contribution >= 0.6 is 0 Å². The Bertz CT molecular complexity index is 413. The van der Waals surface area contributed by atoms with Gasteiger partial charge in [0.1, 0.15) is 17.5 Å². The predicted octanol–water partition coefficient (Wildman–Crippen LogP) is 1.72. The first-order valence-corrected chi connectivity index (χ1v) is 4.24. The van der Waals surface area contributed by atoms with Gasteiger partial charge in [-0.25, -0.2) is 15.0 Å². The van der Waals surface area contributed by atoms with Crippen molar-refractivity contribution in [2.45, 2.75) is 6.92 Å². The molecule has 2 aromatic heterocycles. The van der Waals surface area contributed by atoms with E-state index in [2.05, 4.69) is 26.5 Å². The van der Waals surface area contributed by atoms with Gasteiger partial charge in [0.05, 0.1) is 6.20 Å². The van der Waals surface area contributed by atoms with Crippen molar-refractivity contribution in [2.24, 2.45) is 0 Å². The minimum atomic E-state index is 0.686. The Hall–Kier alpha value is -1.97. The number of pyridine rings is 1. The maximum atomic E-state index is 4.17. The van der Waals surface area contributed by atoms with Gasteiger partial charge >= 0.3 is 0 Å². The van der Waals surface area contributed by atoms with Crippen LogP contribution in [0.15, 0.2) is 30.5 Å². The summed E-state index contributed by atoms with van der Waals surface area (Å²) in [4.78, 5) is 12.2. The predicted molar refractivity (Wildman–Crippen MR) is 53.1 cm³/mol. The number of aryl methyl sites for hydroxylation is 1. The second-order valence-corrected chi connectivity index (χ2v) is 2.77. The van der Waals surface area contributed by atoms with E-state index in [1.165, 1.54) is 0 Å². The van der Waals surface area contributed by atoms with Gasteiger partial charge in [-0.15, -0.1) is 0 Å². The Morgan fingerprint density at radius 1 is 1.29 bits per heavy atom. The standard InChI is InChI=1S/C10H9N4/c1-8-11-7-5-10(13-8)14-9-4-2-3-6-12-9/h2-6H,1H3,(H,11,12,13,14). The van der Waals surface area contributed by atoms with Gasteiger partial charge < -0.3 is 5.32 Å². The van der Waals surface area contributed by atoms with Crippen LogP contribution in [-0.4, -0.2) is 15.0 Å². The Morgan fingerprint density at radius 2 is 2.21 bits per heavy atom. The lowest BCUT2D eigenvalue weighted by Gasteiger charge is -2.03. The Morgan fingerprint density at radius 3 is 2.93 bits per heavy atom. The summed E-state index contributed by atoms with van der Waals surface area (Å²) in [6, 6.07) is 7.33. The van der Waals surface area contributed by atoms with E-state index in [-0.39, 0.29) is 0 Å². The van der Waals surface area contributed by atoms with E-state index in [9.17, 15) is 0 Å². The third-order valence-electron chi connectivity index (χ3n) is 1.63. The molecule has 0 spiro atoms. The molecule has 1 radical (unpaired) electrons. The largest absolute Gasteiger partial charge is 0.325 e. The molecule has 0 bridgehead atoms. The molecule has 0 fully saturated rings. The van der Waals surface area contributed by atoms with Crippen LogP contribution in [0.25, 0.3) is 0 Å². The van der Waals surface area contributed by atoms with Gasteiger partial charge in [-0.1, -0.05) is 6.07 Å². The summed E-state index contributed by atoms with van der Waals surface area (Å²) < 4.78 is 0. The second-order valence-electron chi connectivity index (χ2n) is 2.77. The first-order chi connectivity index (χ1) is 6.84. The lowest BCUT2D eigenvalue weighted by molar-refractivity contribution is 1.05. The molecule has 0 saturated heterocycles. The Kier molecular flexibility index (Phi) is 2.36. The molecule has 0 aliphatic rings.